The summed E-state index contributed by atoms with van der Waals surface area (Å²) >= 11 is 0. The van der Waals surface area contributed by atoms with E-state index < -0.39 is 4.92 Å². The van der Waals surface area contributed by atoms with E-state index in [1.807, 2.05) is 4.90 Å². The Balaban J connectivity index is 2.40. The lowest BCUT2D eigenvalue weighted by Gasteiger charge is -2.35. The van der Waals surface area contributed by atoms with Gasteiger partial charge >= 0.3 is 0 Å². The van der Waals surface area contributed by atoms with E-state index in [1.54, 1.807) is 13.1 Å². The Morgan fingerprint density at radius 2 is 2.16 bits per heavy atom. The van der Waals surface area contributed by atoms with E-state index in [4.69, 9.17) is 5.11 Å². The van der Waals surface area contributed by atoms with Crippen molar-refractivity contribution >= 4 is 23.0 Å². The summed E-state index contributed by atoms with van der Waals surface area (Å²) in [4.78, 5) is 25.4. The van der Waals surface area contributed by atoms with Gasteiger partial charge in [0.05, 0.1) is 22.8 Å². The number of nitro groups is 1. The molecule has 0 atom stereocenters. The van der Waals surface area contributed by atoms with Crippen molar-refractivity contribution in [2.75, 3.05) is 36.5 Å². The van der Waals surface area contributed by atoms with Crippen LogP contribution in [0.1, 0.15) is 6.42 Å². The summed E-state index contributed by atoms with van der Waals surface area (Å²) in [5.74, 6) is -0.120. The molecule has 19 heavy (non-hydrogen) atoms. The molecular weight excluding hydrogens is 250 g/mol. The Kier molecular flexibility index (Phi) is 3.66. The molecule has 7 nitrogen and oxygen atoms in total. The number of hydrogen-bond donors (Lipinski definition) is 1. The van der Waals surface area contributed by atoms with Gasteiger partial charge in [0, 0.05) is 32.3 Å². The minimum atomic E-state index is -0.481. The van der Waals surface area contributed by atoms with Gasteiger partial charge < -0.3 is 14.9 Å². The third kappa shape index (κ3) is 2.50. The molecule has 1 heterocycles. The molecule has 7 heteroatoms. The number of fused-ring (bicyclic) bond motifs is 1. The van der Waals surface area contributed by atoms with Crippen molar-refractivity contribution in [3.8, 4) is 0 Å². The first-order valence-electron chi connectivity index (χ1n) is 5.95. The summed E-state index contributed by atoms with van der Waals surface area (Å²) in [6.07, 6.45) is 0.549. The summed E-state index contributed by atoms with van der Waals surface area (Å²) < 4.78 is 0. The summed E-state index contributed by atoms with van der Waals surface area (Å²) in [5.41, 5.74) is 1.27. The normalized spacial score (nSPS) is 14.5. The van der Waals surface area contributed by atoms with Crippen LogP contribution in [0.4, 0.5) is 17.1 Å². The molecular formula is C12H15N3O4. The lowest BCUT2D eigenvalue weighted by molar-refractivity contribution is -0.384. The summed E-state index contributed by atoms with van der Waals surface area (Å²) in [6.45, 7) is 0.811. The van der Waals surface area contributed by atoms with Gasteiger partial charge in [-0.2, -0.15) is 0 Å². The smallest absolute Gasteiger partial charge is 0.271 e. The minimum absolute atomic E-state index is 0.0394. The van der Waals surface area contributed by atoms with Crippen molar-refractivity contribution in [2.45, 2.75) is 6.42 Å². The fourth-order valence-electron chi connectivity index (χ4n) is 2.11. The maximum atomic E-state index is 11.9. The third-order valence-electron chi connectivity index (χ3n) is 3.16. The highest BCUT2D eigenvalue weighted by molar-refractivity contribution is 6.03. The van der Waals surface area contributed by atoms with Crippen LogP contribution < -0.4 is 9.80 Å². The predicted octanol–water partition coefficient (Wildman–Crippen LogP) is 0.760. The van der Waals surface area contributed by atoms with E-state index in [0.717, 1.165) is 5.69 Å². The predicted molar refractivity (Wildman–Crippen MR) is 70.4 cm³/mol. The molecule has 0 radical (unpaired) electrons. The number of hydrogen-bond acceptors (Lipinski definition) is 5. The number of likely N-dealkylation sites (N-methyl/N-ethyl adjacent to an activating group) is 1. The molecule has 1 aliphatic rings. The number of carbonyl (C=O) groups excluding carboxylic acids is 1. The van der Waals surface area contributed by atoms with Crippen molar-refractivity contribution in [3.63, 3.8) is 0 Å². The van der Waals surface area contributed by atoms with E-state index in [9.17, 15) is 14.9 Å². The molecule has 0 bridgehead atoms. The monoisotopic (exact) mass is 265 g/mol. The number of rotatable bonds is 4. The molecule has 0 aromatic heterocycles. The zero-order valence-electron chi connectivity index (χ0n) is 10.6. The van der Waals surface area contributed by atoms with Gasteiger partial charge in [-0.05, 0) is 12.5 Å². The highest BCUT2D eigenvalue weighted by Gasteiger charge is 2.28. The van der Waals surface area contributed by atoms with Crippen LogP contribution in [0.3, 0.4) is 0 Å². The number of nitro benzene ring substituents is 1. The van der Waals surface area contributed by atoms with Crippen LogP contribution in [0.2, 0.25) is 0 Å². The molecule has 102 valence electrons. The van der Waals surface area contributed by atoms with E-state index in [-0.39, 0.29) is 24.7 Å². The van der Waals surface area contributed by atoms with Crippen LogP contribution in [0, 0.1) is 10.1 Å². The van der Waals surface area contributed by atoms with Gasteiger partial charge in [-0.3, -0.25) is 14.9 Å². The lowest BCUT2D eigenvalue weighted by Crippen LogP contribution is -2.44. The van der Waals surface area contributed by atoms with Crippen molar-refractivity contribution < 1.29 is 14.8 Å². The first-order valence-corrected chi connectivity index (χ1v) is 5.95. The highest BCUT2D eigenvalue weighted by atomic mass is 16.6. The van der Waals surface area contributed by atoms with Crippen molar-refractivity contribution in [1.82, 2.24) is 0 Å². The summed E-state index contributed by atoms with van der Waals surface area (Å²) in [7, 11) is 1.61. The van der Waals surface area contributed by atoms with Crippen molar-refractivity contribution in [3.05, 3.63) is 28.3 Å². The summed E-state index contributed by atoms with van der Waals surface area (Å²) in [5, 5.41) is 19.7. The zero-order valence-corrected chi connectivity index (χ0v) is 10.6. The second kappa shape index (κ2) is 5.23. The average Bonchev–Trinajstić information content (AvgIpc) is 2.40. The van der Waals surface area contributed by atoms with Gasteiger partial charge in [-0.25, -0.2) is 0 Å². The molecule has 0 unspecified atom stereocenters. The van der Waals surface area contributed by atoms with Gasteiger partial charge in [0.2, 0.25) is 5.91 Å². The van der Waals surface area contributed by atoms with Crippen LogP contribution in [0.5, 0.6) is 0 Å². The number of aliphatic hydroxyl groups is 1. The fraction of sp³-hybridized carbons (Fsp3) is 0.417. The number of aliphatic hydroxyl groups excluding tert-OH is 1. The maximum absolute atomic E-state index is 11.9. The fourth-order valence-corrected chi connectivity index (χ4v) is 2.11. The Morgan fingerprint density at radius 3 is 2.79 bits per heavy atom. The van der Waals surface area contributed by atoms with Gasteiger partial charge in [-0.15, -0.1) is 0 Å². The Morgan fingerprint density at radius 1 is 1.42 bits per heavy atom. The molecule has 1 aromatic carbocycles. The number of amides is 1. The molecule has 1 amide bonds. The standard InChI is InChI=1S/C12H15N3O4/c1-13-11-7-9(15(18)19)3-4-10(11)14(5-2-6-16)8-12(13)17/h3-4,7,16H,2,5-6,8H2,1H3. The van der Waals surface area contributed by atoms with Gasteiger partial charge in [0.1, 0.15) is 0 Å². The van der Waals surface area contributed by atoms with E-state index in [0.29, 0.717) is 18.7 Å². The molecule has 1 N–H and O–H groups in total. The van der Waals surface area contributed by atoms with Crippen molar-refractivity contribution in [2.24, 2.45) is 0 Å². The van der Waals surface area contributed by atoms with Crippen molar-refractivity contribution in [1.29, 1.82) is 0 Å². The molecule has 0 saturated carbocycles. The molecule has 0 fully saturated rings. The van der Waals surface area contributed by atoms with E-state index in [2.05, 4.69) is 0 Å². The summed E-state index contributed by atoms with van der Waals surface area (Å²) in [6, 6.07) is 4.47. The number of anilines is 2. The molecule has 0 saturated heterocycles. The molecule has 0 spiro atoms. The second-order valence-electron chi connectivity index (χ2n) is 4.38. The van der Waals surface area contributed by atoms with Crippen LogP contribution in [-0.4, -0.2) is 42.7 Å². The van der Waals surface area contributed by atoms with Gasteiger partial charge in [0.25, 0.3) is 5.69 Å². The van der Waals surface area contributed by atoms with Gasteiger partial charge in [0.15, 0.2) is 0 Å². The van der Waals surface area contributed by atoms with Crippen LogP contribution in [-0.2, 0) is 4.79 Å². The Hall–Kier alpha value is -2.15. The van der Waals surface area contributed by atoms with E-state index in [1.165, 1.54) is 17.0 Å². The van der Waals surface area contributed by atoms with E-state index >= 15 is 0 Å². The Bertz CT molecular complexity index is 518. The number of carbonyl (C=O) groups is 1. The number of benzene rings is 1. The van der Waals surface area contributed by atoms with Crippen LogP contribution >= 0.6 is 0 Å². The highest BCUT2D eigenvalue weighted by Crippen LogP contribution is 2.35. The van der Waals surface area contributed by atoms with Crippen LogP contribution in [0.25, 0.3) is 0 Å². The lowest BCUT2D eigenvalue weighted by atomic mass is 10.1. The minimum Gasteiger partial charge on any atom is -0.396 e. The molecule has 1 aliphatic heterocycles. The topological polar surface area (TPSA) is 86.9 Å². The Labute approximate surface area is 110 Å². The zero-order chi connectivity index (χ0) is 14.0. The molecule has 0 aliphatic carbocycles. The first-order chi connectivity index (χ1) is 9.04. The van der Waals surface area contributed by atoms with Gasteiger partial charge in [-0.1, -0.05) is 0 Å². The second-order valence-corrected chi connectivity index (χ2v) is 4.38. The average molecular weight is 265 g/mol. The largest absolute Gasteiger partial charge is 0.396 e. The molecule has 2 rings (SSSR count). The quantitative estimate of drug-likeness (QED) is 0.641. The first kappa shape index (κ1) is 13.3. The number of nitrogens with zero attached hydrogens (tertiary/aromatic N) is 3. The number of non-ortho nitro benzene ring substituents is 1. The maximum Gasteiger partial charge on any atom is 0.271 e. The van der Waals surface area contributed by atoms with Crippen LogP contribution in [0.15, 0.2) is 18.2 Å². The molecule has 1 aromatic rings. The SMILES string of the molecule is CN1C(=O)CN(CCCO)c2ccc([N+](=O)[O-])cc21. The third-order valence-corrected chi connectivity index (χ3v) is 3.16.